The standard InChI is InChI=1S/C14H17N3O3/c15-10-1-2-12(13(7-10)17(19)20)16-5-3-14(4-6-16)8-11(18)9-14/h1-2,7H,3-6,8-9,15H2. The van der Waals surface area contributed by atoms with Gasteiger partial charge in [0.15, 0.2) is 0 Å². The summed E-state index contributed by atoms with van der Waals surface area (Å²) >= 11 is 0. The molecule has 1 aromatic carbocycles. The number of nitrogens with two attached hydrogens (primary N) is 1. The SMILES string of the molecule is Nc1ccc(N2CCC3(CC2)CC(=O)C3)c([N+](=O)[O-])c1. The largest absolute Gasteiger partial charge is 0.399 e. The molecule has 2 N–H and O–H groups in total. The topological polar surface area (TPSA) is 89.5 Å². The molecule has 1 heterocycles. The first-order valence-electron chi connectivity index (χ1n) is 6.80. The summed E-state index contributed by atoms with van der Waals surface area (Å²) in [6.45, 7) is 1.52. The first-order valence-corrected chi connectivity index (χ1v) is 6.80. The van der Waals surface area contributed by atoms with E-state index in [0.29, 0.717) is 30.0 Å². The Labute approximate surface area is 116 Å². The van der Waals surface area contributed by atoms with E-state index in [1.165, 1.54) is 6.07 Å². The molecule has 0 bridgehead atoms. The van der Waals surface area contributed by atoms with E-state index in [4.69, 9.17) is 5.73 Å². The number of ketones is 1. The predicted molar refractivity (Wildman–Crippen MR) is 75.6 cm³/mol. The highest BCUT2D eigenvalue weighted by Gasteiger charge is 2.45. The number of anilines is 2. The van der Waals surface area contributed by atoms with E-state index in [9.17, 15) is 14.9 Å². The van der Waals surface area contributed by atoms with Crippen molar-refractivity contribution in [2.75, 3.05) is 23.7 Å². The number of rotatable bonds is 2. The second-order valence-electron chi connectivity index (χ2n) is 5.88. The molecule has 0 unspecified atom stereocenters. The third kappa shape index (κ3) is 2.11. The number of nitrogens with zero attached hydrogens (tertiary/aromatic N) is 2. The van der Waals surface area contributed by atoms with Crippen LogP contribution < -0.4 is 10.6 Å². The lowest BCUT2D eigenvalue weighted by molar-refractivity contribution is -0.384. The van der Waals surface area contributed by atoms with Crippen LogP contribution in [0.4, 0.5) is 17.1 Å². The zero-order valence-electron chi connectivity index (χ0n) is 11.2. The molecule has 106 valence electrons. The Morgan fingerprint density at radius 3 is 2.45 bits per heavy atom. The molecule has 6 nitrogen and oxygen atoms in total. The van der Waals surface area contributed by atoms with E-state index in [-0.39, 0.29) is 16.0 Å². The number of carbonyl (C=O) groups is 1. The van der Waals surface area contributed by atoms with Crippen molar-refractivity contribution in [3.8, 4) is 0 Å². The average molecular weight is 275 g/mol. The van der Waals surface area contributed by atoms with Crippen LogP contribution in [0.2, 0.25) is 0 Å². The molecular formula is C14H17N3O3. The smallest absolute Gasteiger partial charge is 0.294 e. The van der Waals surface area contributed by atoms with Gasteiger partial charge in [-0.15, -0.1) is 0 Å². The molecule has 1 aliphatic carbocycles. The summed E-state index contributed by atoms with van der Waals surface area (Å²) in [5.41, 5.74) is 6.89. The van der Waals surface area contributed by atoms with Crippen molar-refractivity contribution in [2.45, 2.75) is 25.7 Å². The molecule has 20 heavy (non-hydrogen) atoms. The summed E-state index contributed by atoms with van der Waals surface area (Å²) in [6, 6.07) is 4.82. The maximum absolute atomic E-state index is 11.2. The van der Waals surface area contributed by atoms with Crippen LogP contribution in [-0.4, -0.2) is 23.8 Å². The van der Waals surface area contributed by atoms with Crippen molar-refractivity contribution in [2.24, 2.45) is 5.41 Å². The molecule has 2 aliphatic rings. The average Bonchev–Trinajstić information content (AvgIpc) is 2.38. The summed E-state index contributed by atoms with van der Waals surface area (Å²) in [5, 5.41) is 11.1. The third-order valence-electron chi connectivity index (χ3n) is 4.51. The number of piperidine rings is 1. The number of nitrogen functional groups attached to an aromatic ring is 1. The van der Waals surface area contributed by atoms with Crippen LogP contribution >= 0.6 is 0 Å². The van der Waals surface area contributed by atoms with E-state index in [0.717, 1.165) is 25.9 Å². The van der Waals surface area contributed by atoms with Gasteiger partial charge in [0, 0.05) is 37.7 Å². The van der Waals surface area contributed by atoms with E-state index in [2.05, 4.69) is 0 Å². The number of hydrogen-bond donors (Lipinski definition) is 1. The predicted octanol–water partition coefficient (Wildman–Crippen LogP) is 2.13. The lowest BCUT2D eigenvalue weighted by Gasteiger charge is -2.47. The molecule has 1 aliphatic heterocycles. The van der Waals surface area contributed by atoms with Crippen LogP contribution in [0.5, 0.6) is 0 Å². The number of nitro benzene ring substituents is 1. The fraction of sp³-hybridized carbons (Fsp3) is 0.500. The molecular weight excluding hydrogens is 258 g/mol. The summed E-state index contributed by atoms with van der Waals surface area (Å²) in [4.78, 5) is 24.0. The number of carbonyl (C=O) groups excluding carboxylic acids is 1. The quantitative estimate of drug-likeness (QED) is 0.507. The van der Waals surface area contributed by atoms with Gasteiger partial charge >= 0.3 is 0 Å². The molecule has 0 amide bonds. The van der Waals surface area contributed by atoms with Crippen LogP contribution in [-0.2, 0) is 4.79 Å². The van der Waals surface area contributed by atoms with Gasteiger partial charge in [0.05, 0.1) is 4.92 Å². The summed E-state index contributed by atoms with van der Waals surface area (Å²) in [5.74, 6) is 0.344. The summed E-state index contributed by atoms with van der Waals surface area (Å²) < 4.78 is 0. The van der Waals surface area contributed by atoms with Crippen molar-refractivity contribution in [1.82, 2.24) is 0 Å². The van der Waals surface area contributed by atoms with E-state index in [1.807, 2.05) is 4.90 Å². The Morgan fingerprint density at radius 1 is 1.25 bits per heavy atom. The van der Waals surface area contributed by atoms with Gasteiger partial charge < -0.3 is 10.6 Å². The van der Waals surface area contributed by atoms with E-state index >= 15 is 0 Å². The third-order valence-corrected chi connectivity index (χ3v) is 4.51. The molecule has 3 rings (SSSR count). The molecule has 2 fully saturated rings. The molecule has 0 atom stereocenters. The van der Waals surface area contributed by atoms with Crippen molar-refractivity contribution in [1.29, 1.82) is 0 Å². The fourth-order valence-corrected chi connectivity index (χ4v) is 3.31. The second-order valence-corrected chi connectivity index (χ2v) is 5.88. The Morgan fingerprint density at radius 2 is 1.90 bits per heavy atom. The van der Waals surface area contributed by atoms with Crippen molar-refractivity contribution in [3.05, 3.63) is 28.3 Å². The van der Waals surface area contributed by atoms with Crippen LogP contribution in [0.1, 0.15) is 25.7 Å². The molecule has 0 aromatic heterocycles. The van der Waals surface area contributed by atoms with Gasteiger partial charge in [-0.1, -0.05) is 0 Å². The van der Waals surface area contributed by atoms with Crippen LogP contribution in [0, 0.1) is 15.5 Å². The van der Waals surface area contributed by atoms with Gasteiger partial charge in [-0.2, -0.15) is 0 Å². The normalized spacial score (nSPS) is 20.8. The van der Waals surface area contributed by atoms with Gasteiger partial charge in [-0.05, 0) is 30.4 Å². The van der Waals surface area contributed by atoms with Crippen molar-refractivity contribution >= 4 is 22.8 Å². The van der Waals surface area contributed by atoms with Crippen LogP contribution in [0.15, 0.2) is 18.2 Å². The van der Waals surface area contributed by atoms with Gasteiger partial charge in [-0.25, -0.2) is 0 Å². The monoisotopic (exact) mass is 275 g/mol. The van der Waals surface area contributed by atoms with Crippen molar-refractivity contribution in [3.63, 3.8) is 0 Å². The van der Waals surface area contributed by atoms with Gasteiger partial charge in [0.25, 0.3) is 5.69 Å². The molecule has 1 saturated carbocycles. The maximum atomic E-state index is 11.2. The highest BCUT2D eigenvalue weighted by atomic mass is 16.6. The highest BCUT2D eigenvalue weighted by molar-refractivity contribution is 5.86. The Bertz CT molecular complexity index is 567. The minimum Gasteiger partial charge on any atom is -0.399 e. The van der Waals surface area contributed by atoms with E-state index < -0.39 is 0 Å². The minimum atomic E-state index is -0.386. The second kappa shape index (κ2) is 4.47. The summed E-state index contributed by atoms with van der Waals surface area (Å²) in [6.07, 6.45) is 3.23. The lowest BCUT2D eigenvalue weighted by Crippen LogP contribution is -2.47. The van der Waals surface area contributed by atoms with Crippen molar-refractivity contribution < 1.29 is 9.72 Å². The minimum absolute atomic E-state index is 0.0608. The van der Waals surface area contributed by atoms with Gasteiger partial charge in [0.1, 0.15) is 11.5 Å². The van der Waals surface area contributed by atoms with Gasteiger partial charge in [-0.3, -0.25) is 14.9 Å². The molecule has 1 spiro atoms. The number of hydrogen-bond acceptors (Lipinski definition) is 5. The maximum Gasteiger partial charge on any atom is 0.294 e. The molecule has 1 aromatic rings. The van der Waals surface area contributed by atoms with Gasteiger partial charge in [0.2, 0.25) is 0 Å². The first kappa shape index (κ1) is 12.9. The molecule has 6 heteroatoms. The summed E-state index contributed by atoms with van der Waals surface area (Å²) in [7, 11) is 0. The fourth-order valence-electron chi connectivity index (χ4n) is 3.31. The van der Waals surface area contributed by atoms with Crippen LogP contribution in [0.25, 0.3) is 0 Å². The molecule has 0 radical (unpaired) electrons. The number of nitro groups is 1. The Balaban J connectivity index is 1.78. The lowest BCUT2D eigenvalue weighted by atomic mass is 9.62. The Hall–Kier alpha value is -2.11. The Kier molecular flexibility index (Phi) is 2.88. The zero-order chi connectivity index (χ0) is 14.3. The first-order chi connectivity index (χ1) is 9.49. The highest BCUT2D eigenvalue weighted by Crippen LogP contribution is 2.47. The van der Waals surface area contributed by atoms with Crippen LogP contribution in [0.3, 0.4) is 0 Å². The zero-order valence-corrected chi connectivity index (χ0v) is 11.2. The van der Waals surface area contributed by atoms with E-state index in [1.54, 1.807) is 12.1 Å². The number of benzene rings is 1. The number of Topliss-reactive ketones (excluding diaryl/α,β-unsaturated/α-hetero) is 1. The molecule has 1 saturated heterocycles.